The number of rotatable bonds is 6. The number of hydrogen-bond donors (Lipinski definition) is 0. The number of carbonyl (C=O) groups excluding carboxylic acids is 1. The van der Waals surface area contributed by atoms with Gasteiger partial charge >= 0.3 is 0 Å². The molecular formula is C21H22ClFN2O2. The third-order valence-corrected chi connectivity index (χ3v) is 4.93. The zero-order chi connectivity index (χ0) is 19.2. The molecule has 4 nitrogen and oxygen atoms in total. The van der Waals surface area contributed by atoms with Crippen LogP contribution in [0.3, 0.4) is 0 Å². The number of piperazine rings is 1. The molecule has 0 aliphatic carbocycles. The predicted octanol–water partition coefficient (Wildman–Crippen LogP) is 4.00. The molecule has 0 atom stereocenters. The molecule has 142 valence electrons. The van der Waals surface area contributed by atoms with Crippen molar-refractivity contribution < 1.29 is 13.9 Å². The molecule has 1 amide bonds. The van der Waals surface area contributed by atoms with Crippen molar-refractivity contribution in [2.45, 2.75) is 6.54 Å². The lowest BCUT2D eigenvalue weighted by Gasteiger charge is -2.35. The summed E-state index contributed by atoms with van der Waals surface area (Å²) in [7, 11) is 0. The zero-order valence-electron chi connectivity index (χ0n) is 15.0. The highest BCUT2D eigenvalue weighted by molar-refractivity contribution is 6.31. The quantitative estimate of drug-likeness (QED) is 0.701. The van der Waals surface area contributed by atoms with Crippen molar-refractivity contribution in [3.63, 3.8) is 0 Å². The molecule has 3 rings (SSSR count). The lowest BCUT2D eigenvalue weighted by Crippen LogP contribution is -2.48. The highest BCUT2D eigenvalue weighted by Crippen LogP contribution is 2.22. The van der Waals surface area contributed by atoms with Gasteiger partial charge in [0.15, 0.2) is 0 Å². The lowest BCUT2D eigenvalue weighted by atomic mass is 10.1. The van der Waals surface area contributed by atoms with Gasteiger partial charge in [-0.25, -0.2) is 4.39 Å². The maximum absolute atomic E-state index is 14.0. The number of ether oxygens (including phenoxy) is 1. The predicted molar refractivity (Wildman–Crippen MR) is 105 cm³/mol. The Morgan fingerprint density at radius 2 is 1.85 bits per heavy atom. The summed E-state index contributed by atoms with van der Waals surface area (Å²) in [5.41, 5.74) is 1.14. The number of benzene rings is 2. The van der Waals surface area contributed by atoms with Gasteiger partial charge in [-0.1, -0.05) is 30.3 Å². The lowest BCUT2D eigenvalue weighted by molar-refractivity contribution is 0.0627. The van der Waals surface area contributed by atoms with E-state index in [-0.39, 0.29) is 11.7 Å². The van der Waals surface area contributed by atoms with Crippen LogP contribution in [0.15, 0.2) is 55.1 Å². The van der Waals surface area contributed by atoms with Crippen molar-refractivity contribution in [1.82, 2.24) is 9.80 Å². The molecule has 1 heterocycles. The Hall–Kier alpha value is -2.37. The van der Waals surface area contributed by atoms with E-state index in [0.717, 1.165) is 0 Å². The van der Waals surface area contributed by atoms with E-state index in [1.165, 1.54) is 6.07 Å². The van der Waals surface area contributed by atoms with E-state index in [1.807, 2.05) is 4.90 Å². The van der Waals surface area contributed by atoms with Crippen molar-refractivity contribution in [2.75, 3.05) is 32.8 Å². The first-order chi connectivity index (χ1) is 13.1. The summed E-state index contributed by atoms with van der Waals surface area (Å²) in [6, 6.07) is 11.8. The largest absolute Gasteiger partial charge is 0.490 e. The Morgan fingerprint density at radius 1 is 1.15 bits per heavy atom. The van der Waals surface area contributed by atoms with Gasteiger partial charge in [-0.05, 0) is 36.4 Å². The molecule has 2 aromatic carbocycles. The molecule has 27 heavy (non-hydrogen) atoms. The second-order valence-electron chi connectivity index (χ2n) is 6.39. The smallest absolute Gasteiger partial charge is 0.253 e. The van der Waals surface area contributed by atoms with Crippen molar-refractivity contribution in [3.05, 3.63) is 77.1 Å². The molecule has 1 saturated heterocycles. The monoisotopic (exact) mass is 388 g/mol. The molecule has 0 spiro atoms. The molecule has 1 fully saturated rings. The molecule has 0 N–H and O–H groups in total. The molecule has 0 bridgehead atoms. The summed E-state index contributed by atoms with van der Waals surface area (Å²) in [6.07, 6.45) is 1.67. The SMILES string of the molecule is C=CCOc1ccc(C(=O)N2CCN(Cc3c(F)cccc3Cl)CC2)cc1. The summed E-state index contributed by atoms with van der Waals surface area (Å²) in [5.74, 6) is 0.409. The van der Waals surface area contributed by atoms with Crippen LogP contribution in [0, 0.1) is 5.82 Å². The van der Waals surface area contributed by atoms with Gasteiger partial charge in [-0.3, -0.25) is 9.69 Å². The van der Waals surface area contributed by atoms with E-state index in [4.69, 9.17) is 16.3 Å². The summed E-state index contributed by atoms with van der Waals surface area (Å²) in [5, 5.41) is 0.437. The van der Waals surface area contributed by atoms with Gasteiger partial charge in [-0.15, -0.1) is 0 Å². The molecule has 6 heteroatoms. The molecular weight excluding hydrogens is 367 g/mol. The van der Waals surface area contributed by atoms with E-state index in [0.29, 0.717) is 61.2 Å². The normalized spacial score (nSPS) is 14.8. The van der Waals surface area contributed by atoms with Gasteiger partial charge in [-0.2, -0.15) is 0 Å². The van der Waals surface area contributed by atoms with Crippen LogP contribution in [-0.2, 0) is 6.54 Å². The molecule has 0 unspecified atom stereocenters. The average molecular weight is 389 g/mol. The Balaban J connectivity index is 1.55. The topological polar surface area (TPSA) is 32.8 Å². The van der Waals surface area contributed by atoms with Gasteiger partial charge < -0.3 is 9.64 Å². The first kappa shape index (κ1) is 19.4. The second-order valence-corrected chi connectivity index (χ2v) is 6.80. The molecule has 1 aliphatic rings. The Labute approximate surface area is 163 Å². The number of amides is 1. The van der Waals surface area contributed by atoms with Gasteiger partial charge in [0.25, 0.3) is 5.91 Å². The summed E-state index contributed by atoms with van der Waals surface area (Å²) in [4.78, 5) is 16.6. The fraction of sp³-hybridized carbons (Fsp3) is 0.286. The fourth-order valence-corrected chi connectivity index (χ4v) is 3.27. The summed E-state index contributed by atoms with van der Waals surface area (Å²) >= 11 is 6.11. The minimum absolute atomic E-state index is 0.00570. The summed E-state index contributed by atoms with van der Waals surface area (Å²) < 4.78 is 19.4. The maximum Gasteiger partial charge on any atom is 0.253 e. The van der Waals surface area contributed by atoms with Gasteiger partial charge in [0.05, 0.1) is 0 Å². The molecule has 1 aliphatic heterocycles. The van der Waals surface area contributed by atoms with E-state index in [1.54, 1.807) is 42.5 Å². The van der Waals surface area contributed by atoms with Crippen molar-refractivity contribution in [3.8, 4) is 5.75 Å². The van der Waals surface area contributed by atoms with Crippen LogP contribution >= 0.6 is 11.6 Å². The van der Waals surface area contributed by atoms with E-state index < -0.39 is 0 Å². The third kappa shape index (κ3) is 4.87. The van der Waals surface area contributed by atoms with Crippen LogP contribution in [0.4, 0.5) is 4.39 Å². The standard InChI is InChI=1S/C21H22ClFN2O2/c1-2-14-27-17-8-6-16(7-9-17)21(26)25-12-10-24(11-13-25)15-18-19(22)4-3-5-20(18)23/h2-9H,1,10-15H2. The average Bonchev–Trinajstić information content (AvgIpc) is 2.70. The maximum atomic E-state index is 14.0. The van der Waals surface area contributed by atoms with Crippen LogP contribution in [0.1, 0.15) is 15.9 Å². The second kappa shape index (κ2) is 9.02. The van der Waals surface area contributed by atoms with Crippen molar-refractivity contribution >= 4 is 17.5 Å². The van der Waals surface area contributed by atoms with Crippen LogP contribution in [-0.4, -0.2) is 48.5 Å². The van der Waals surface area contributed by atoms with Crippen LogP contribution in [0.2, 0.25) is 5.02 Å². The Bertz CT molecular complexity index is 782. The van der Waals surface area contributed by atoms with Gasteiger partial charge in [0.2, 0.25) is 0 Å². The van der Waals surface area contributed by atoms with E-state index >= 15 is 0 Å². The molecule has 0 aromatic heterocycles. The van der Waals surface area contributed by atoms with E-state index in [9.17, 15) is 9.18 Å². The molecule has 2 aromatic rings. The van der Waals surface area contributed by atoms with Gasteiger partial charge in [0, 0.05) is 48.9 Å². The third-order valence-electron chi connectivity index (χ3n) is 4.57. The number of carbonyl (C=O) groups is 1. The zero-order valence-corrected chi connectivity index (χ0v) is 15.8. The van der Waals surface area contributed by atoms with E-state index in [2.05, 4.69) is 11.5 Å². The minimum Gasteiger partial charge on any atom is -0.490 e. The van der Waals surface area contributed by atoms with Crippen molar-refractivity contribution in [2.24, 2.45) is 0 Å². The number of halogens is 2. The van der Waals surface area contributed by atoms with Gasteiger partial charge in [0.1, 0.15) is 18.2 Å². The number of nitrogens with zero attached hydrogens (tertiary/aromatic N) is 2. The Morgan fingerprint density at radius 3 is 2.48 bits per heavy atom. The van der Waals surface area contributed by atoms with Crippen LogP contribution in [0.5, 0.6) is 5.75 Å². The first-order valence-electron chi connectivity index (χ1n) is 8.87. The highest BCUT2D eigenvalue weighted by Gasteiger charge is 2.23. The Kier molecular flexibility index (Phi) is 6.48. The minimum atomic E-state index is -0.292. The van der Waals surface area contributed by atoms with Crippen molar-refractivity contribution in [1.29, 1.82) is 0 Å². The molecule has 0 saturated carbocycles. The summed E-state index contributed by atoms with van der Waals surface area (Å²) in [6.45, 7) is 7.03. The number of hydrogen-bond acceptors (Lipinski definition) is 3. The first-order valence-corrected chi connectivity index (χ1v) is 9.24. The van der Waals surface area contributed by atoms with Crippen LogP contribution < -0.4 is 4.74 Å². The molecule has 0 radical (unpaired) electrons. The van der Waals surface area contributed by atoms with Crippen LogP contribution in [0.25, 0.3) is 0 Å². The highest BCUT2D eigenvalue weighted by atomic mass is 35.5. The fourth-order valence-electron chi connectivity index (χ4n) is 3.05.